The number of aromatic nitrogens is 5. The maximum atomic E-state index is 5.82. The highest BCUT2D eigenvalue weighted by Gasteiger charge is 2.28. The quantitative estimate of drug-likeness (QED) is 0.838. The van der Waals surface area contributed by atoms with Crippen molar-refractivity contribution in [1.29, 1.82) is 0 Å². The zero-order valence-electron chi connectivity index (χ0n) is 12.8. The fourth-order valence-corrected chi connectivity index (χ4v) is 3.10. The van der Waals surface area contributed by atoms with E-state index in [1.54, 1.807) is 6.33 Å². The van der Waals surface area contributed by atoms with Gasteiger partial charge in [-0.3, -0.25) is 0 Å². The van der Waals surface area contributed by atoms with Gasteiger partial charge in [-0.1, -0.05) is 20.8 Å². The minimum absolute atomic E-state index is 0.0238. The van der Waals surface area contributed by atoms with Crippen molar-refractivity contribution in [3.63, 3.8) is 0 Å². The SMILES string of the molecule is Cn1cnnc1[C@H]1CN(c2nc(C(C)(C)C)ns2)CCO1. The standard InChI is InChI=1S/C13H20N6OS/c1-13(2,3)11-15-12(21-17-11)19-5-6-20-9(7-19)10-16-14-8-18(10)4/h8-9H,5-7H2,1-4H3/t9-/m1/s1. The molecule has 7 nitrogen and oxygen atoms in total. The van der Waals surface area contributed by atoms with Gasteiger partial charge in [0.2, 0.25) is 5.13 Å². The monoisotopic (exact) mass is 308 g/mol. The Morgan fingerprint density at radius 2 is 2.19 bits per heavy atom. The van der Waals surface area contributed by atoms with Gasteiger partial charge in [-0.2, -0.15) is 4.37 Å². The minimum atomic E-state index is -0.0757. The van der Waals surface area contributed by atoms with Gasteiger partial charge < -0.3 is 14.2 Å². The van der Waals surface area contributed by atoms with Crippen molar-refractivity contribution in [3.8, 4) is 0 Å². The normalized spacial score (nSPS) is 20.0. The van der Waals surface area contributed by atoms with E-state index in [0.717, 1.165) is 29.9 Å². The minimum Gasteiger partial charge on any atom is -0.366 e. The smallest absolute Gasteiger partial charge is 0.205 e. The number of rotatable bonds is 2. The highest BCUT2D eigenvalue weighted by atomic mass is 32.1. The van der Waals surface area contributed by atoms with E-state index in [9.17, 15) is 0 Å². The molecule has 3 heterocycles. The molecule has 21 heavy (non-hydrogen) atoms. The van der Waals surface area contributed by atoms with E-state index in [1.807, 2.05) is 11.6 Å². The zero-order valence-corrected chi connectivity index (χ0v) is 13.6. The Bertz CT molecular complexity index is 616. The fraction of sp³-hybridized carbons (Fsp3) is 0.692. The number of aryl methyl sites for hydroxylation is 1. The van der Waals surface area contributed by atoms with Crippen molar-refractivity contribution < 1.29 is 4.74 Å². The summed E-state index contributed by atoms with van der Waals surface area (Å²) in [6, 6.07) is 0. The number of hydrogen-bond donors (Lipinski definition) is 0. The van der Waals surface area contributed by atoms with Gasteiger partial charge in [-0.15, -0.1) is 10.2 Å². The number of anilines is 1. The lowest BCUT2D eigenvalue weighted by Crippen LogP contribution is -2.39. The summed E-state index contributed by atoms with van der Waals surface area (Å²) in [7, 11) is 1.93. The molecular formula is C13H20N6OS. The maximum absolute atomic E-state index is 5.82. The van der Waals surface area contributed by atoms with Crippen LogP contribution in [-0.2, 0) is 17.2 Å². The first-order valence-electron chi connectivity index (χ1n) is 7.00. The maximum Gasteiger partial charge on any atom is 0.205 e. The van der Waals surface area contributed by atoms with Gasteiger partial charge in [0.05, 0.1) is 13.2 Å². The average molecular weight is 308 g/mol. The first-order chi connectivity index (χ1) is 9.95. The van der Waals surface area contributed by atoms with E-state index in [1.165, 1.54) is 11.5 Å². The van der Waals surface area contributed by atoms with Gasteiger partial charge in [-0.25, -0.2) is 4.98 Å². The molecule has 0 unspecified atom stereocenters. The Labute approximate surface area is 128 Å². The van der Waals surface area contributed by atoms with Crippen LogP contribution in [0.2, 0.25) is 0 Å². The Morgan fingerprint density at radius 1 is 1.38 bits per heavy atom. The van der Waals surface area contributed by atoms with Crippen LogP contribution in [0.3, 0.4) is 0 Å². The summed E-state index contributed by atoms with van der Waals surface area (Å²) in [6.45, 7) is 8.59. The Hall–Kier alpha value is -1.54. The van der Waals surface area contributed by atoms with Crippen molar-refractivity contribution in [2.75, 3.05) is 24.6 Å². The Kier molecular flexibility index (Phi) is 3.66. The lowest BCUT2D eigenvalue weighted by atomic mass is 9.96. The molecule has 0 N–H and O–H groups in total. The molecule has 0 bridgehead atoms. The molecule has 1 saturated heterocycles. The van der Waals surface area contributed by atoms with Crippen molar-refractivity contribution in [1.82, 2.24) is 24.1 Å². The molecule has 114 valence electrons. The molecule has 1 aliphatic rings. The summed E-state index contributed by atoms with van der Waals surface area (Å²) < 4.78 is 12.2. The van der Waals surface area contributed by atoms with E-state index < -0.39 is 0 Å². The van der Waals surface area contributed by atoms with Crippen molar-refractivity contribution in [2.24, 2.45) is 7.05 Å². The number of ether oxygens (including phenoxy) is 1. The van der Waals surface area contributed by atoms with Gasteiger partial charge in [0.15, 0.2) is 5.82 Å². The van der Waals surface area contributed by atoms with Crippen LogP contribution in [0.4, 0.5) is 5.13 Å². The van der Waals surface area contributed by atoms with Gasteiger partial charge in [0.25, 0.3) is 0 Å². The predicted octanol–water partition coefficient (Wildman–Crippen LogP) is 1.54. The van der Waals surface area contributed by atoms with Crippen LogP contribution in [0.5, 0.6) is 0 Å². The second-order valence-corrected chi connectivity index (χ2v) is 6.99. The van der Waals surface area contributed by atoms with E-state index in [-0.39, 0.29) is 11.5 Å². The highest BCUT2D eigenvalue weighted by molar-refractivity contribution is 7.09. The number of nitrogens with zero attached hydrogens (tertiary/aromatic N) is 6. The summed E-state index contributed by atoms with van der Waals surface area (Å²) >= 11 is 1.45. The number of morpholine rings is 1. The van der Waals surface area contributed by atoms with Crippen LogP contribution in [0.1, 0.15) is 38.5 Å². The topological polar surface area (TPSA) is 69.0 Å². The van der Waals surface area contributed by atoms with Crippen molar-refractivity contribution in [3.05, 3.63) is 18.0 Å². The molecule has 1 aliphatic heterocycles. The summed E-state index contributed by atoms with van der Waals surface area (Å²) in [4.78, 5) is 6.90. The molecule has 0 aromatic carbocycles. The Morgan fingerprint density at radius 3 is 2.81 bits per heavy atom. The zero-order chi connectivity index (χ0) is 15.0. The van der Waals surface area contributed by atoms with E-state index in [0.29, 0.717) is 6.61 Å². The van der Waals surface area contributed by atoms with Crippen molar-refractivity contribution >= 4 is 16.7 Å². The van der Waals surface area contributed by atoms with Crippen LogP contribution < -0.4 is 4.90 Å². The first kappa shape index (κ1) is 14.4. The molecule has 0 amide bonds. The number of hydrogen-bond acceptors (Lipinski definition) is 7. The summed E-state index contributed by atoms with van der Waals surface area (Å²) in [5, 5.41) is 9.01. The molecular weight excluding hydrogens is 288 g/mol. The summed E-state index contributed by atoms with van der Waals surface area (Å²) in [6.07, 6.45) is 1.62. The van der Waals surface area contributed by atoms with Crippen molar-refractivity contribution in [2.45, 2.75) is 32.3 Å². The van der Waals surface area contributed by atoms with E-state index in [2.05, 4.69) is 45.2 Å². The third kappa shape index (κ3) is 2.91. The lowest BCUT2D eigenvalue weighted by molar-refractivity contribution is 0.0321. The Balaban J connectivity index is 1.77. The van der Waals surface area contributed by atoms with Crippen LogP contribution in [0.25, 0.3) is 0 Å². The van der Waals surface area contributed by atoms with Crippen LogP contribution in [-0.4, -0.2) is 43.8 Å². The lowest BCUT2D eigenvalue weighted by Gasteiger charge is -2.31. The van der Waals surface area contributed by atoms with Gasteiger partial charge >= 0.3 is 0 Å². The van der Waals surface area contributed by atoms with Gasteiger partial charge in [0, 0.05) is 30.5 Å². The van der Waals surface area contributed by atoms with Gasteiger partial charge in [-0.05, 0) is 0 Å². The average Bonchev–Trinajstić information content (AvgIpc) is 3.06. The summed E-state index contributed by atoms with van der Waals surface area (Å²) in [5.74, 6) is 1.74. The fourth-order valence-electron chi connectivity index (χ4n) is 2.21. The summed E-state index contributed by atoms with van der Waals surface area (Å²) in [5.41, 5.74) is -0.0238. The highest BCUT2D eigenvalue weighted by Crippen LogP contribution is 2.29. The predicted molar refractivity (Wildman–Crippen MR) is 80.5 cm³/mol. The molecule has 0 aliphatic carbocycles. The second kappa shape index (κ2) is 5.34. The molecule has 8 heteroatoms. The van der Waals surface area contributed by atoms with Crippen LogP contribution in [0.15, 0.2) is 6.33 Å². The van der Waals surface area contributed by atoms with Gasteiger partial charge in [0.1, 0.15) is 18.3 Å². The molecule has 2 aromatic rings. The molecule has 0 spiro atoms. The molecule has 1 fully saturated rings. The molecule has 3 rings (SSSR count). The third-order valence-corrected chi connectivity index (χ3v) is 4.23. The van der Waals surface area contributed by atoms with E-state index in [4.69, 9.17) is 4.74 Å². The largest absolute Gasteiger partial charge is 0.366 e. The van der Waals surface area contributed by atoms with Crippen LogP contribution in [0, 0.1) is 0 Å². The molecule has 0 radical (unpaired) electrons. The van der Waals surface area contributed by atoms with E-state index >= 15 is 0 Å². The molecule has 0 saturated carbocycles. The van der Waals surface area contributed by atoms with Crippen LogP contribution >= 0.6 is 11.5 Å². The molecule has 2 aromatic heterocycles. The second-order valence-electron chi connectivity index (χ2n) is 6.26. The third-order valence-electron chi connectivity index (χ3n) is 3.46. The first-order valence-corrected chi connectivity index (χ1v) is 7.77. The molecule has 1 atom stereocenters.